The molecule has 0 N–H and O–H groups in total. The standard InChI is InChI=1S/C11H8BrN.C7H5BrO/c12-10-5-3-4-9(8-10)11-6-1-2-7-13-11;8-6-1-2-7-5(3-6)4-9-7/h1-8H;1-3H,4H2. The van der Waals surface area contributed by atoms with E-state index in [2.05, 4.69) is 49.0 Å². The number of hydrogen-bond donors (Lipinski definition) is 0. The van der Waals surface area contributed by atoms with Crippen LogP contribution in [0.1, 0.15) is 5.56 Å². The van der Waals surface area contributed by atoms with Gasteiger partial charge in [0, 0.05) is 26.3 Å². The number of pyridine rings is 1. The fourth-order valence-electron chi connectivity index (χ4n) is 2.06. The van der Waals surface area contributed by atoms with Gasteiger partial charge < -0.3 is 4.74 Å². The second-order valence-electron chi connectivity index (χ2n) is 4.77. The van der Waals surface area contributed by atoms with E-state index in [-0.39, 0.29) is 0 Å². The van der Waals surface area contributed by atoms with Gasteiger partial charge in [-0.15, -0.1) is 0 Å². The molecule has 3 aromatic rings. The Hall–Kier alpha value is -1.65. The van der Waals surface area contributed by atoms with Crippen LogP contribution in [0.3, 0.4) is 0 Å². The smallest absolute Gasteiger partial charge is 0.126 e. The molecule has 22 heavy (non-hydrogen) atoms. The lowest BCUT2D eigenvalue weighted by Gasteiger charge is -2.19. The van der Waals surface area contributed by atoms with E-state index >= 15 is 0 Å². The molecule has 2 nitrogen and oxygen atoms in total. The van der Waals surface area contributed by atoms with Crippen molar-refractivity contribution in [3.63, 3.8) is 0 Å². The Bertz CT molecular complexity index is 775. The Kier molecular flexibility index (Phi) is 4.90. The Morgan fingerprint density at radius 3 is 2.32 bits per heavy atom. The van der Waals surface area contributed by atoms with E-state index in [9.17, 15) is 0 Å². The van der Waals surface area contributed by atoms with Crippen molar-refractivity contribution < 1.29 is 4.74 Å². The molecule has 0 aliphatic carbocycles. The number of hydrogen-bond acceptors (Lipinski definition) is 2. The average molecular weight is 419 g/mol. The fourth-order valence-corrected chi connectivity index (χ4v) is 2.87. The molecule has 0 unspecified atom stereocenters. The third kappa shape index (κ3) is 3.76. The van der Waals surface area contributed by atoms with E-state index in [0.717, 1.165) is 32.6 Å². The molecule has 2 heterocycles. The first kappa shape index (κ1) is 15.3. The highest BCUT2D eigenvalue weighted by Crippen LogP contribution is 2.30. The zero-order valence-corrected chi connectivity index (χ0v) is 14.8. The highest BCUT2D eigenvalue weighted by molar-refractivity contribution is 9.10. The lowest BCUT2D eigenvalue weighted by molar-refractivity contribution is 0.243. The number of nitrogens with zero attached hydrogens (tertiary/aromatic N) is 1. The zero-order valence-electron chi connectivity index (χ0n) is 11.7. The van der Waals surface area contributed by atoms with Crippen LogP contribution in [0, 0.1) is 0 Å². The quantitative estimate of drug-likeness (QED) is 0.494. The summed E-state index contributed by atoms with van der Waals surface area (Å²) in [4.78, 5) is 4.27. The summed E-state index contributed by atoms with van der Waals surface area (Å²) in [6.07, 6.45) is 1.80. The number of ether oxygens (including phenoxy) is 1. The van der Waals surface area contributed by atoms with Crippen LogP contribution in [0.4, 0.5) is 0 Å². The molecule has 4 rings (SSSR count). The minimum Gasteiger partial charge on any atom is -0.488 e. The van der Waals surface area contributed by atoms with Crippen molar-refractivity contribution in [3.8, 4) is 17.0 Å². The normalized spacial score (nSPS) is 11.4. The van der Waals surface area contributed by atoms with E-state index in [1.54, 1.807) is 6.20 Å². The average Bonchev–Trinajstić information content (AvgIpc) is 2.52. The lowest BCUT2D eigenvalue weighted by atomic mass is 10.1. The molecule has 1 aromatic heterocycles. The molecule has 0 saturated carbocycles. The van der Waals surface area contributed by atoms with Gasteiger partial charge in [0.2, 0.25) is 0 Å². The van der Waals surface area contributed by atoms with Crippen molar-refractivity contribution in [2.75, 3.05) is 0 Å². The molecule has 0 saturated heterocycles. The molecule has 0 spiro atoms. The van der Waals surface area contributed by atoms with E-state index in [4.69, 9.17) is 4.74 Å². The number of aromatic nitrogens is 1. The van der Waals surface area contributed by atoms with E-state index in [1.165, 1.54) is 5.56 Å². The van der Waals surface area contributed by atoms with Crippen molar-refractivity contribution in [1.82, 2.24) is 4.98 Å². The van der Waals surface area contributed by atoms with E-state index < -0.39 is 0 Å². The van der Waals surface area contributed by atoms with E-state index in [0.29, 0.717) is 0 Å². The van der Waals surface area contributed by atoms with Gasteiger partial charge in [-0.25, -0.2) is 0 Å². The summed E-state index contributed by atoms with van der Waals surface area (Å²) in [6.45, 7) is 0.773. The first-order chi connectivity index (χ1) is 10.7. The van der Waals surface area contributed by atoms with Crippen LogP contribution in [0.5, 0.6) is 5.75 Å². The predicted octanol–water partition coefficient (Wildman–Crippen LogP) is 5.85. The van der Waals surface area contributed by atoms with Crippen LogP contribution in [0.25, 0.3) is 11.3 Å². The molecule has 0 amide bonds. The highest BCUT2D eigenvalue weighted by Gasteiger charge is 2.12. The molecular weight excluding hydrogens is 406 g/mol. The topological polar surface area (TPSA) is 22.1 Å². The van der Waals surface area contributed by atoms with Gasteiger partial charge in [0.05, 0.1) is 5.69 Å². The molecule has 0 bridgehead atoms. The summed E-state index contributed by atoms with van der Waals surface area (Å²) in [7, 11) is 0. The van der Waals surface area contributed by atoms with Crippen molar-refractivity contribution in [1.29, 1.82) is 0 Å². The molecule has 4 heteroatoms. The van der Waals surface area contributed by atoms with E-state index in [1.807, 2.05) is 48.5 Å². The maximum absolute atomic E-state index is 5.11. The summed E-state index contributed by atoms with van der Waals surface area (Å²) in [5.41, 5.74) is 3.43. The maximum Gasteiger partial charge on any atom is 0.126 e. The third-order valence-electron chi connectivity index (χ3n) is 3.19. The van der Waals surface area contributed by atoms with Gasteiger partial charge in [-0.1, -0.05) is 50.1 Å². The number of fused-ring (bicyclic) bond motifs is 1. The zero-order chi connectivity index (χ0) is 15.4. The summed E-state index contributed by atoms with van der Waals surface area (Å²) in [6, 6.07) is 20.1. The van der Waals surface area contributed by atoms with Gasteiger partial charge in [-0.05, 0) is 42.5 Å². The van der Waals surface area contributed by atoms with Crippen molar-refractivity contribution >= 4 is 31.9 Å². The van der Waals surface area contributed by atoms with Gasteiger partial charge in [0.25, 0.3) is 0 Å². The second-order valence-corrected chi connectivity index (χ2v) is 6.60. The SMILES string of the molecule is Brc1ccc2c(c1)CO2.Brc1cccc(-c2ccccn2)c1. The molecule has 2 aromatic carbocycles. The molecule has 1 aliphatic heterocycles. The van der Waals surface area contributed by atoms with Crippen molar-refractivity contribution in [3.05, 3.63) is 81.4 Å². The second kappa shape index (κ2) is 7.07. The van der Waals surface area contributed by atoms with Crippen LogP contribution in [0.2, 0.25) is 0 Å². The summed E-state index contributed by atoms with van der Waals surface area (Å²) >= 11 is 6.81. The third-order valence-corrected chi connectivity index (χ3v) is 4.18. The fraction of sp³-hybridized carbons (Fsp3) is 0.0556. The molecule has 1 aliphatic rings. The Morgan fingerprint density at radius 1 is 0.864 bits per heavy atom. The predicted molar refractivity (Wildman–Crippen MR) is 95.8 cm³/mol. The molecule has 0 radical (unpaired) electrons. The summed E-state index contributed by atoms with van der Waals surface area (Å²) < 4.78 is 7.32. The maximum atomic E-state index is 5.11. The van der Waals surface area contributed by atoms with Gasteiger partial charge in [0.1, 0.15) is 12.4 Å². The summed E-state index contributed by atoms with van der Waals surface area (Å²) in [5, 5.41) is 0. The van der Waals surface area contributed by atoms with Gasteiger partial charge in [-0.3, -0.25) is 4.98 Å². The summed E-state index contributed by atoms with van der Waals surface area (Å²) in [5.74, 6) is 1.03. The number of rotatable bonds is 1. The minimum absolute atomic E-state index is 0.773. The minimum atomic E-state index is 0.773. The highest BCUT2D eigenvalue weighted by atomic mass is 79.9. The Labute approximate surface area is 146 Å². The van der Waals surface area contributed by atoms with Crippen LogP contribution < -0.4 is 4.74 Å². The van der Waals surface area contributed by atoms with Gasteiger partial charge in [-0.2, -0.15) is 0 Å². The van der Waals surface area contributed by atoms with Gasteiger partial charge >= 0.3 is 0 Å². The van der Waals surface area contributed by atoms with Crippen LogP contribution in [0.15, 0.2) is 75.8 Å². The molecule has 0 atom stereocenters. The van der Waals surface area contributed by atoms with Crippen LogP contribution in [-0.2, 0) is 6.61 Å². The molecular formula is C18H13Br2NO. The Morgan fingerprint density at radius 2 is 1.73 bits per heavy atom. The monoisotopic (exact) mass is 417 g/mol. The Balaban J connectivity index is 0.000000139. The number of halogens is 2. The lowest BCUT2D eigenvalue weighted by Crippen LogP contribution is -2.08. The first-order valence-corrected chi connectivity index (χ1v) is 8.39. The molecule has 0 fully saturated rings. The van der Waals surface area contributed by atoms with Crippen LogP contribution in [-0.4, -0.2) is 4.98 Å². The van der Waals surface area contributed by atoms with Crippen LogP contribution >= 0.6 is 31.9 Å². The molecule has 110 valence electrons. The van der Waals surface area contributed by atoms with Gasteiger partial charge in [0.15, 0.2) is 0 Å². The van der Waals surface area contributed by atoms with Crippen molar-refractivity contribution in [2.45, 2.75) is 6.61 Å². The van der Waals surface area contributed by atoms with Crippen molar-refractivity contribution in [2.24, 2.45) is 0 Å². The number of benzene rings is 2. The first-order valence-electron chi connectivity index (χ1n) is 6.80. The largest absolute Gasteiger partial charge is 0.488 e.